The highest BCUT2D eigenvalue weighted by Gasteiger charge is 2.34. The van der Waals surface area contributed by atoms with E-state index in [0.29, 0.717) is 13.1 Å². The molecule has 1 fully saturated rings. The molecule has 1 N–H and O–H groups in total. The Morgan fingerprint density at radius 3 is 2.96 bits per heavy atom. The van der Waals surface area contributed by atoms with Gasteiger partial charge >= 0.3 is 0 Å². The zero-order chi connectivity index (χ0) is 16.5. The summed E-state index contributed by atoms with van der Waals surface area (Å²) in [4.78, 5) is 26.3. The molecule has 5 heteroatoms. The first-order valence-electron chi connectivity index (χ1n) is 8.42. The first kappa shape index (κ1) is 15.0. The molecule has 5 nitrogen and oxygen atoms in total. The van der Waals surface area contributed by atoms with E-state index >= 15 is 0 Å². The van der Waals surface area contributed by atoms with Gasteiger partial charge in [0.15, 0.2) is 0 Å². The average Bonchev–Trinajstić information content (AvgIpc) is 3.29. The third-order valence-electron chi connectivity index (χ3n) is 4.88. The molecule has 1 aromatic carbocycles. The van der Waals surface area contributed by atoms with Crippen molar-refractivity contribution in [3.8, 4) is 0 Å². The molecule has 2 aromatic rings. The molecule has 1 aliphatic heterocycles. The molecule has 4 rings (SSSR count). The van der Waals surface area contributed by atoms with Gasteiger partial charge in [0.2, 0.25) is 11.8 Å². The highest BCUT2D eigenvalue weighted by atomic mass is 16.3. The predicted octanol–water partition coefficient (Wildman–Crippen LogP) is 2.76. The molecule has 0 saturated carbocycles. The Morgan fingerprint density at radius 2 is 2.12 bits per heavy atom. The van der Waals surface area contributed by atoms with Gasteiger partial charge in [0.05, 0.1) is 18.7 Å². The highest BCUT2D eigenvalue weighted by molar-refractivity contribution is 5.97. The first-order valence-corrected chi connectivity index (χ1v) is 8.42. The van der Waals surface area contributed by atoms with E-state index in [4.69, 9.17) is 4.42 Å². The summed E-state index contributed by atoms with van der Waals surface area (Å²) >= 11 is 0. The number of furan rings is 1. The molecule has 0 bridgehead atoms. The topological polar surface area (TPSA) is 62.6 Å². The van der Waals surface area contributed by atoms with Gasteiger partial charge in [-0.2, -0.15) is 0 Å². The lowest BCUT2D eigenvalue weighted by Crippen LogP contribution is -2.27. The molecule has 124 valence electrons. The molecule has 24 heavy (non-hydrogen) atoms. The summed E-state index contributed by atoms with van der Waals surface area (Å²) in [5.74, 6) is 0.354. The number of carbonyl (C=O) groups excluding carboxylic acids is 2. The van der Waals surface area contributed by atoms with E-state index in [-0.39, 0.29) is 24.2 Å². The number of likely N-dealkylation sites (tertiary alicyclic amines) is 1. The minimum atomic E-state index is -0.305. The first-order chi connectivity index (χ1) is 11.7. The summed E-state index contributed by atoms with van der Waals surface area (Å²) in [5, 5.41) is 2.97. The number of hydrogen-bond donors (Lipinski definition) is 1. The molecule has 0 spiro atoms. The van der Waals surface area contributed by atoms with Gasteiger partial charge in [-0.15, -0.1) is 0 Å². The summed E-state index contributed by atoms with van der Waals surface area (Å²) in [6.07, 6.45) is 5.25. The Kier molecular flexibility index (Phi) is 3.84. The maximum Gasteiger partial charge on any atom is 0.229 e. The second-order valence-electron chi connectivity index (χ2n) is 6.58. The molecular weight excluding hydrogens is 304 g/mol. The lowest BCUT2D eigenvalue weighted by atomic mass is 10.1. The zero-order valence-electron chi connectivity index (χ0n) is 13.5. The van der Waals surface area contributed by atoms with Crippen LogP contribution in [-0.4, -0.2) is 23.3 Å². The second kappa shape index (κ2) is 6.15. The minimum absolute atomic E-state index is 0.000466. The smallest absolute Gasteiger partial charge is 0.229 e. The largest absolute Gasteiger partial charge is 0.467 e. The Labute approximate surface area is 140 Å². The van der Waals surface area contributed by atoms with Gasteiger partial charge in [0.25, 0.3) is 0 Å². The SMILES string of the molecule is O=C(Nc1ccc2c(c1)CCC2)[C@@H]1CC(=O)N(Cc2ccco2)C1. The number of fused-ring (bicyclic) bond motifs is 1. The number of aryl methyl sites for hydroxylation is 2. The Hall–Kier alpha value is -2.56. The van der Waals surface area contributed by atoms with E-state index in [2.05, 4.69) is 17.4 Å². The molecular formula is C19H20N2O3. The van der Waals surface area contributed by atoms with Crippen molar-refractivity contribution in [1.29, 1.82) is 0 Å². The summed E-state index contributed by atoms with van der Waals surface area (Å²) in [7, 11) is 0. The van der Waals surface area contributed by atoms with Crippen molar-refractivity contribution in [2.45, 2.75) is 32.2 Å². The lowest BCUT2D eigenvalue weighted by molar-refractivity contribution is -0.128. The monoisotopic (exact) mass is 324 g/mol. The Morgan fingerprint density at radius 1 is 1.25 bits per heavy atom. The van der Waals surface area contributed by atoms with Crippen LogP contribution in [0.3, 0.4) is 0 Å². The average molecular weight is 324 g/mol. The van der Waals surface area contributed by atoms with Crippen LogP contribution in [0.2, 0.25) is 0 Å². The number of carbonyl (C=O) groups is 2. The van der Waals surface area contributed by atoms with Gasteiger partial charge in [0, 0.05) is 18.7 Å². The van der Waals surface area contributed by atoms with Crippen LogP contribution in [0.25, 0.3) is 0 Å². The zero-order valence-corrected chi connectivity index (χ0v) is 13.5. The van der Waals surface area contributed by atoms with Gasteiger partial charge < -0.3 is 14.6 Å². The fourth-order valence-corrected chi connectivity index (χ4v) is 3.59. The molecule has 1 aromatic heterocycles. The number of anilines is 1. The van der Waals surface area contributed by atoms with Gasteiger partial charge in [-0.05, 0) is 54.7 Å². The minimum Gasteiger partial charge on any atom is -0.467 e. The van der Waals surface area contributed by atoms with Crippen LogP contribution in [0, 0.1) is 5.92 Å². The van der Waals surface area contributed by atoms with Crippen LogP contribution in [0.1, 0.15) is 29.7 Å². The number of nitrogens with zero attached hydrogens (tertiary/aromatic N) is 1. The standard InChI is InChI=1S/C19H20N2O3/c22-18-10-15(11-21(18)12-17-5-2-8-24-17)19(23)20-16-7-6-13-3-1-4-14(13)9-16/h2,5-9,15H,1,3-4,10-12H2,(H,20,23)/t15-/m1/s1. The number of amides is 2. The quantitative estimate of drug-likeness (QED) is 0.940. The van der Waals surface area contributed by atoms with Crippen molar-refractivity contribution >= 4 is 17.5 Å². The van der Waals surface area contributed by atoms with Gasteiger partial charge in [-0.3, -0.25) is 9.59 Å². The maximum absolute atomic E-state index is 12.5. The Balaban J connectivity index is 1.39. The van der Waals surface area contributed by atoms with E-state index in [1.807, 2.05) is 12.1 Å². The normalized spacial score (nSPS) is 19.6. The van der Waals surface area contributed by atoms with Gasteiger partial charge in [-0.25, -0.2) is 0 Å². The van der Waals surface area contributed by atoms with Crippen molar-refractivity contribution < 1.29 is 14.0 Å². The molecule has 2 heterocycles. The molecule has 0 unspecified atom stereocenters. The van der Waals surface area contributed by atoms with Crippen LogP contribution >= 0.6 is 0 Å². The van der Waals surface area contributed by atoms with Crippen LogP contribution in [0.15, 0.2) is 41.0 Å². The molecule has 1 saturated heterocycles. The van der Waals surface area contributed by atoms with E-state index in [1.165, 1.54) is 17.5 Å². The molecule has 0 radical (unpaired) electrons. The van der Waals surface area contributed by atoms with Crippen molar-refractivity contribution in [2.75, 3.05) is 11.9 Å². The number of hydrogen-bond acceptors (Lipinski definition) is 3. The van der Waals surface area contributed by atoms with Crippen LogP contribution in [0.4, 0.5) is 5.69 Å². The fourth-order valence-electron chi connectivity index (χ4n) is 3.59. The van der Waals surface area contributed by atoms with Gasteiger partial charge in [-0.1, -0.05) is 6.07 Å². The van der Waals surface area contributed by atoms with Crippen molar-refractivity contribution in [3.63, 3.8) is 0 Å². The fraction of sp³-hybridized carbons (Fsp3) is 0.368. The number of nitrogens with one attached hydrogen (secondary N) is 1. The highest BCUT2D eigenvalue weighted by Crippen LogP contribution is 2.26. The molecule has 2 amide bonds. The van der Waals surface area contributed by atoms with Gasteiger partial charge in [0.1, 0.15) is 5.76 Å². The van der Waals surface area contributed by atoms with E-state index in [9.17, 15) is 9.59 Å². The molecule has 1 atom stereocenters. The summed E-state index contributed by atoms with van der Waals surface area (Å²) in [6.45, 7) is 0.866. The van der Waals surface area contributed by atoms with Crippen LogP contribution in [0.5, 0.6) is 0 Å². The third kappa shape index (κ3) is 2.94. The maximum atomic E-state index is 12.5. The summed E-state index contributed by atoms with van der Waals surface area (Å²) < 4.78 is 5.28. The van der Waals surface area contributed by atoms with Crippen LogP contribution in [-0.2, 0) is 29.0 Å². The summed E-state index contributed by atoms with van der Waals surface area (Å²) in [5.41, 5.74) is 3.54. The molecule has 1 aliphatic carbocycles. The molecule has 2 aliphatic rings. The van der Waals surface area contributed by atoms with E-state index in [1.54, 1.807) is 17.2 Å². The van der Waals surface area contributed by atoms with Crippen molar-refractivity contribution in [1.82, 2.24) is 4.90 Å². The van der Waals surface area contributed by atoms with Crippen LogP contribution < -0.4 is 5.32 Å². The Bertz CT molecular complexity index is 767. The van der Waals surface area contributed by atoms with E-state index < -0.39 is 0 Å². The summed E-state index contributed by atoms with van der Waals surface area (Å²) in [6, 6.07) is 9.76. The second-order valence-corrected chi connectivity index (χ2v) is 6.58. The van der Waals surface area contributed by atoms with Crippen molar-refractivity contribution in [3.05, 3.63) is 53.5 Å². The van der Waals surface area contributed by atoms with Crippen molar-refractivity contribution in [2.24, 2.45) is 5.92 Å². The lowest BCUT2D eigenvalue weighted by Gasteiger charge is -2.15. The predicted molar refractivity (Wildman–Crippen MR) is 89.3 cm³/mol. The number of benzene rings is 1. The number of rotatable bonds is 4. The van der Waals surface area contributed by atoms with E-state index in [0.717, 1.165) is 24.3 Å². The third-order valence-corrected chi connectivity index (χ3v) is 4.88.